The molecule has 0 saturated carbocycles. The lowest BCUT2D eigenvalue weighted by Crippen LogP contribution is -2.35. The number of hydrogen-bond donors (Lipinski definition) is 0. The highest BCUT2D eigenvalue weighted by atomic mass is 31.2. The third-order valence-electron chi connectivity index (χ3n) is 3.48. The van der Waals surface area contributed by atoms with Gasteiger partial charge in [0.15, 0.2) is 7.14 Å². The summed E-state index contributed by atoms with van der Waals surface area (Å²) in [6.07, 6.45) is 0. The Kier molecular flexibility index (Phi) is 4.02. The molecule has 20 heavy (non-hydrogen) atoms. The van der Waals surface area contributed by atoms with Crippen molar-refractivity contribution in [3.8, 4) is 0 Å². The van der Waals surface area contributed by atoms with Gasteiger partial charge in [-0.05, 0) is 0 Å². The average molecular weight is 288 g/mol. The van der Waals surface area contributed by atoms with Crippen LogP contribution < -0.4 is 10.6 Å². The van der Waals surface area contributed by atoms with E-state index in [1.165, 1.54) is 0 Å². The molecule has 3 nitrogen and oxygen atoms in total. The summed E-state index contributed by atoms with van der Waals surface area (Å²) in [6, 6.07) is 19.1. The van der Waals surface area contributed by atoms with E-state index in [-0.39, 0.29) is 0 Å². The molecule has 1 aliphatic rings. The third kappa shape index (κ3) is 2.45. The highest BCUT2D eigenvalue weighted by Gasteiger charge is 2.38. The lowest BCUT2D eigenvalue weighted by Gasteiger charge is -2.31. The highest BCUT2D eigenvalue weighted by molar-refractivity contribution is 7.79. The molecule has 1 fully saturated rings. The number of rotatable bonds is 3. The molecule has 3 rings (SSSR count). The Morgan fingerprint density at radius 3 is 1.85 bits per heavy atom. The molecule has 1 atom stereocenters. The van der Waals surface area contributed by atoms with Crippen LogP contribution in [0.1, 0.15) is 0 Å². The summed E-state index contributed by atoms with van der Waals surface area (Å²) in [6.45, 7) is 1.44. The highest BCUT2D eigenvalue weighted by Crippen LogP contribution is 2.49. The van der Waals surface area contributed by atoms with Crippen LogP contribution in [0.25, 0.3) is 0 Å². The molecule has 1 heterocycles. The third-order valence-corrected chi connectivity index (χ3v) is 6.72. The first kappa shape index (κ1) is 13.6. The standard InChI is InChI=1S/C16H17O3P/c17-20(14-7-3-1-4-8-14,15-9-5-2-6-10-15)16-13-18-11-12-19-16/h1-10,16H,11-13H2. The predicted octanol–water partition coefficient (Wildman–Crippen LogP) is 2.37. The lowest BCUT2D eigenvalue weighted by atomic mass is 10.4. The van der Waals surface area contributed by atoms with Crippen molar-refractivity contribution in [1.29, 1.82) is 0 Å². The summed E-state index contributed by atoms with van der Waals surface area (Å²) < 4.78 is 25.0. The first-order valence-electron chi connectivity index (χ1n) is 6.72. The van der Waals surface area contributed by atoms with Gasteiger partial charge in [0.05, 0.1) is 19.8 Å². The number of hydrogen-bond acceptors (Lipinski definition) is 3. The fourth-order valence-corrected chi connectivity index (χ4v) is 5.29. The zero-order valence-corrected chi connectivity index (χ0v) is 12.0. The minimum atomic E-state index is -2.85. The smallest absolute Gasteiger partial charge is 0.172 e. The lowest BCUT2D eigenvalue weighted by molar-refractivity contribution is -0.0537. The van der Waals surface area contributed by atoms with Crippen LogP contribution in [0.3, 0.4) is 0 Å². The Hall–Kier alpha value is -1.41. The minimum Gasteiger partial charge on any atom is -0.376 e. The van der Waals surface area contributed by atoms with Crippen LogP contribution in [0.15, 0.2) is 60.7 Å². The summed E-state index contributed by atoms with van der Waals surface area (Å²) in [5.41, 5.74) is 0. The zero-order valence-electron chi connectivity index (χ0n) is 11.1. The van der Waals surface area contributed by atoms with Crippen LogP contribution in [-0.4, -0.2) is 25.7 Å². The quantitative estimate of drug-likeness (QED) is 0.813. The van der Waals surface area contributed by atoms with Gasteiger partial charge in [0, 0.05) is 10.6 Å². The van der Waals surface area contributed by atoms with Crippen molar-refractivity contribution < 1.29 is 14.0 Å². The average Bonchev–Trinajstić information content (AvgIpc) is 2.56. The molecular formula is C16H17O3P. The van der Waals surface area contributed by atoms with Gasteiger partial charge in [-0.3, -0.25) is 0 Å². The summed E-state index contributed by atoms with van der Waals surface area (Å²) >= 11 is 0. The van der Waals surface area contributed by atoms with Crippen LogP contribution in [0, 0.1) is 0 Å². The molecule has 0 radical (unpaired) electrons. The first-order valence-corrected chi connectivity index (χ1v) is 8.50. The number of benzene rings is 2. The normalized spacial score (nSPS) is 19.7. The van der Waals surface area contributed by atoms with Crippen molar-refractivity contribution in [2.45, 2.75) is 5.85 Å². The van der Waals surface area contributed by atoms with Crippen molar-refractivity contribution >= 4 is 17.8 Å². The van der Waals surface area contributed by atoms with E-state index in [1.54, 1.807) is 0 Å². The Labute approximate surface area is 118 Å². The maximum atomic E-state index is 13.8. The zero-order chi connectivity index (χ0) is 13.8. The molecule has 0 aromatic heterocycles. The van der Waals surface area contributed by atoms with Crippen molar-refractivity contribution in [3.05, 3.63) is 60.7 Å². The second kappa shape index (κ2) is 5.92. The molecule has 1 unspecified atom stereocenters. The van der Waals surface area contributed by atoms with Gasteiger partial charge >= 0.3 is 0 Å². The second-order valence-corrected chi connectivity index (χ2v) is 7.65. The predicted molar refractivity (Wildman–Crippen MR) is 80.3 cm³/mol. The van der Waals surface area contributed by atoms with Gasteiger partial charge in [0.2, 0.25) is 0 Å². The van der Waals surface area contributed by atoms with Crippen LogP contribution in [0.5, 0.6) is 0 Å². The van der Waals surface area contributed by atoms with E-state index in [9.17, 15) is 4.57 Å². The Morgan fingerprint density at radius 2 is 1.40 bits per heavy atom. The molecule has 0 bridgehead atoms. The number of ether oxygens (including phenoxy) is 2. The molecule has 0 amide bonds. The maximum Gasteiger partial charge on any atom is 0.172 e. The monoisotopic (exact) mass is 288 g/mol. The molecule has 0 N–H and O–H groups in total. The Morgan fingerprint density at radius 1 is 0.850 bits per heavy atom. The van der Waals surface area contributed by atoms with Gasteiger partial charge in [-0.15, -0.1) is 0 Å². The van der Waals surface area contributed by atoms with E-state index in [1.807, 2.05) is 60.7 Å². The molecule has 1 saturated heterocycles. The summed E-state index contributed by atoms with van der Waals surface area (Å²) in [7, 11) is -2.85. The van der Waals surface area contributed by atoms with Crippen molar-refractivity contribution in [2.24, 2.45) is 0 Å². The van der Waals surface area contributed by atoms with E-state index >= 15 is 0 Å². The molecule has 1 aliphatic heterocycles. The van der Waals surface area contributed by atoms with Crippen LogP contribution in [-0.2, 0) is 14.0 Å². The minimum absolute atomic E-state index is 0.376. The molecule has 104 valence electrons. The van der Waals surface area contributed by atoms with Gasteiger partial charge in [0.25, 0.3) is 0 Å². The van der Waals surface area contributed by atoms with Gasteiger partial charge in [-0.1, -0.05) is 60.7 Å². The maximum absolute atomic E-state index is 13.8. The summed E-state index contributed by atoms with van der Waals surface area (Å²) in [5.74, 6) is -0.402. The van der Waals surface area contributed by atoms with Crippen molar-refractivity contribution in [3.63, 3.8) is 0 Å². The van der Waals surface area contributed by atoms with Crippen LogP contribution >= 0.6 is 7.14 Å². The van der Waals surface area contributed by atoms with Gasteiger partial charge in [-0.25, -0.2) is 0 Å². The van der Waals surface area contributed by atoms with Crippen molar-refractivity contribution in [1.82, 2.24) is 0 Å². The Balaban J connectivity index is 2.10. The van der Waals surface area contributed by atoms with Gasteiger partial charge in [-0.2, -0.15) is 0 Å². The SMILES string of the molecule is O=P(c1ccccc1)(c1ccccc1)C1COCCO1. The summed E-state index contributed by atoms with van der Waals surface area (Å²) in [5, 5.41) is 1.64. The molecule has 2 aromatic carbocycles. The molecule has 0 spiro atoms. The summed E-state index contributed by atoms with van der Waals surface area (Å²) in [4.78, 5) is 0. The molecular weight excluding hydrogens is 271 g/mol. The van der Waals surface area contributed by atoms with E-state index in [4.69, 9.17) is 9.47 Å². The molecule has 2 aromatic rings. The fourth-order valence-electron chi connectivity index (χ4n) is 2.47. The van der Waals surface area contributed by atoms with E-state index in [0.717, 1.165) is 10.6 Å². The van der Waals surface area contributed by atoms with Crippen molar-refractivity contribution in [2.75, 3.05) is 19.8 Å². The topological polar surface area (TPSA) is 35.5 Å². The first-order chi connectivity index (χ1) is 9.82. The molecule has 0 aliphatic carbocycles. The van der Waals surface area contributed by atoms with Gasteiger partial charge in [0.1, 0.15) is 5.85 Å². The molecule has 4 heteroatoms. The van der Waals surface area contributed by atoms with Crippen LogP contribution in [0.2, 0.25) is 0 Å². The van der Waals surface area contributed by atoms with E-state index < -0.39 is 13.0 Å². The van der Waals surface area contributed by atoms with Crippen LogP contribution in [0.4, 0.5) is 0 Å². The van der Waals surface area contributed by atoms with E-state index in [2.05, 4.69) is 0 Å². The van der Waals surface area contributed by atoms with E-state index in [0.29, 0.717) is 19.8 Å². The largest absolute Gasteiger partial charge is 0.376 e. The second-order valence-electron chi connectivity index (χ2n) is 4.73. The fraction of sp³-hybridized carbons (Fsp3) is 0.250. The van der Waals surface area contributed by atoms with Gasteiger partial charge < -0.3 is 14.0 Å². The Bertz CT molecular complexity index is 548.